The topological polar surface area (TPSA) is 131 Å². The van der Waals surface area contributed by atoms with E-state index >= 15 is 0 Å². The van der Waals surface area contributed by atoms with Crippen molar-refractivity contribution in [2.24, 2.45) is 16.6 Å². The third kappa shape index (κ3) is 4.61. The van der Waals surface area contributed by atoms with Gasteiger partial charge in [0.2, 0.25) is 5.91 Å². The fourth-order valence-corrected chi connectivity index (χ4v) is 4.82. The van der Waals surface area contributed by atoms with E-state index in [9.17, 15) is 18.4 Å². The Kier molecular flexibility index (Phi) is 6.45. The van der Waals surface area contributed by atoms with E-state index in [-0.39, 0.29) is 34.6 Å². The maximum Gasteiger partial charge on any atom is 0.258 e. The number of halogens is 2. The van der Waals surface area contributed by atoms with Crippen molar-refractivity contribution in [1.29, 1.82) is 0 Å². The molecule has 5 rings (SSSR count). The number of allylic oxidation sites excluding steroid dienone is 1. The summed E-state index contributed by atoms with van der Waals surface area (Å²) in [6, 6.07) is 0. The number of nitrogens with zero attached hydrogens (tertiary/aromatic N) is 5. The van der Waals surface area contributed by atoms with Crippen LogP contribution in [0.4, 0.5) is 20.2 Å². The summed E-state index contributed by atoms with van der Waals surface area (Å²) < 4.78 is 28.4. The lowest BCUT2D eigenvalue weighted by atomic mass is 9.94. The monoisotopic (exact) mass is 487 g/mol. The van der Waals surface area contributed by atoms with Crippen LogP contribution in [0.2, 0.25) is 0 Å². The Morgan fingerprint density at radius 1 is 1.11 bits per heavy atom. The largest absolute Gasteiger partial charge is 0.367 e. The van der Waals surface area contributed by atoms with Crippen molar-refractivity contribution in [2.75, 3.05) is 49.5 Å². The molecule has 4 aliphatic heterocycles. The number of fused-ring (bicyclic) bond motifs is 1. The summed E-state index contributed by atoms with van der Waals surface area (Å²) in [5.74, 6) is -1.57. The number of rotatable bonds is 4. The molecule has 1 aromatic heterocycles. The third-order valence-corrected chi connectivity index (χ3v) is 6.58. The minimum atomic E-state index is -0.930. The van der Waals surface area contributed by atoms with Gasteiger partial charge in [-0.25, -0.2) is 19.2 Å². The Labute approximate surface area is 200 Å². The number of carbonyl (C=O) groups is 2. The number of aromatic nitrogens is 1. The average Bonchev–Trinajstić information content (AvgIpc) is 3.19. The Balaban J connectivity index is 1.30. The Morgan fingerprint density at radius 2 is 1.86 bits per heavy atom. The van der Waals surface area contributed by atoms with Crippen molar-refractivity contribution in [3.63, 3.8) is 0 Å². The number of amides is 2. The molecule has 13 heteroatoms. The number of nitrogens with one attached hydrogen (secondary N) is 3. The molecule has 2 fully saturated rings. The normalized spacial score (nSPS) is 22.9. The van der Waals surface area contributed by atoms with Gasteiger partial charge in [0.15, 0.2) is 17.5 Å². The van der Waals surface area contributed by atoms with Gasteiger partial charge in [-0.05, 0) is 12.8 Å². The van der Waals surface area contributed by atoms with Crippen LogP contribution in [0.3, 0.4) is 0 Å². The van der Waals surface area contributed by atoms with Crippen LogP contribution in [0.15, 0.2) is 40.8 Å². The SMILES string of the molecule is NC1NN2C=C(F)C=NC2=C1C(=O)Nc1cncc(F)c1N1CCC(C(=O)N2CCNCC2)CC1. The molecule has 0 aromatic carbocycles. The number of anilines is 2. The van der Waals surface area contributed by atoms with Gasteiger partial charge in [-0.3, -0.25) is 19.6 Å². The summed E-state index contributed by atoms with van der Waals surface area (Å²) in [5, 5.41) is 7.17. The number of piperidine rings is 1. The minimum absolute atomic E-state index is 0.0838. The van der Waals surface area contributed by atoms with Crippen LogP contribution in [0.1, 0.15) is 12.8 Å². The number of piperazine rings is 1. The number of hydrogen-bond acceptors (Lipinski definition) is 9. The van der Waals surface area contributed by atoms with Crippen LogP contribution in [-0.4, -0.2) is 78.4 Å². The second-order valence-corrected chi connectivity index (χ2v) is 8.79. The van der Waals surface area contributed by atoms with Crippen LogP contribution in [0, 0.1) is 11.7 Å². The van der Waals surface area contributed by atoms with E-state index in [0.29, 0.717) is 39.0 Å². The molecule has 1 aromatic rings. The molecule has 0 saturated carbocycles. The average molecular weight is 488 g/mol. The summed E-state index contributed by atoms with van der Waals surface area (Å²) in [6.45, 7) is 3.91. The molecule has 5 heterocycles. The van der Waals surface area contributed by atoms with Crippen LogP contribution in [0.25, 0.3) is 0 Å². The lowest BCUT2D eigenvalue weighted by molar-refractivity contribution is -0.136. The van der Waals surface area contributed by atoms with E-state index in [1.807, 2.05) is 9.80 Å². The highest BCUT2D eigenvalue weighted by Crippen LogP contribution is 2.33. The van der Waals surface area contributed by atoms with Gasteiger partial charge in [-0.15, -0.1) is 0 Å². The van der Waals surface area contributed by atoms with Gasteiger partial charge in [-0.2, -0.15) is 0 Å². The molecule has 0 aliphatic carbocycles. The van der Waals surface area contributed by atoms with E-state index in [2.05, 4.69) is 26.0 Å². The summed E-state index contributed by atoms with van der Waals surface area (Å²) in [6.07, 6.45) is 4.82. The van der Waals surface area contributed by atoms with Gasteiger partial charge in [0.25, 0.3) is 5.91 Å². The number of pyridine rings is 1. The Morgan fingerprint density at radius 3 is 2.60 bits per heavy atom. The smallest absolute Gasteiger partial charge is 0.258 e. The number of carbonyl (C=O) groups excluding carboxylic acids is 2. The minimum Gasteiger partial charge on any atom is -0.367 e. The van der Waals surface area contributed by atoms with E-state index in [0.717, 1.165) is 31.7 Å². The number of hydrogen-bond donors (Lipinski definition) is 4. The number of hydrazine groups is 1. The lowest BCUT2D eigenvalue weighted by Crippen LogP contribution is -2.50. The molecule has 35 heavy (non-hydrogen) atoms. The van der Waals surface area contributed by atoms with Gasteiger partial charge < -0.3 is 26.2 Å². The fourth-order valence-electron chi connectivity index (χ4n) is 4.82. The molecule has 2 amide bonds. The maximum atomic E-state index is 14.9. The first-order chi connectivity index (χ1) is 16.9. The van der Waals surface area contributed by atoms with Crippen molar-refractivity contribution < 1.29 is 18.4 Å². The van der Waals surface area contributed by atoms with Crippen molar-refractivity contribution in [3.05, 3.63) is 41.6 Å². The molecular formula is C22H27F2N9O2. The Hall–Kier alpha value is -3.42. The van der Waals surface area contributed by atoms with Crippen molar-refractivity contribution >= 4 is 29.4 Å². The quantitative estimate of drug-likeness (QED) is 0.468. The summed E-state index contributed by atoms with van der Waals surface area (Å²) in [4.78, 5) is 37.5. The zero-order chi connectivity index (χ0) is 24.5. The zero-order valence-electron chi connectivity index (χ0n) is 19.0. The molecule has 1 unspecified atom stereocenters. The second kappa shape index (κ2) is 9.68. The lowest BCUT2D eigenvalue weighted by Gasteiger charge is -2.37. The highest BCUT2D eigenvalue weighted by molar-refractivity contribution is 6.07. The molecule has 186 valence electrons. The van der Waals surface area contributed by atoms with E-state index < -0.39 is 23.7 Å². The summed E-state index contributed by atoms with van der Waals surface area (Å²) in [7, 11) is 0. The molecule has 11 nitrogen and oxygen atoms in total. The van der Waals surface area contributed by atoms with Crippen molar-refractivity contribution in [3.8, 4) is 0 Å². The van der Waals surface area contributed by atoms with E-state index in [4.69, 9.17) is 5.73 Å². The maximum absolute atomic E-state index is 14.9. The predicted octanol–water partition coefficient (Wildman–Crippen LogP) is 0.0193. The van der Waals surface area contributed by atoms with Gasteiger partial charge in [0.1, 0.15) is 11.9 Å². The van der Waals surface area contributed by atoms with E-state index in [1.165, 1.54) is 11.2 Å². The van der Waals surface area contributed by atoms with Gasteiger partial charge in [0, 0.05) is 45.2 Å². The molecule has 2 saturated heterocycles. The van der Waals surface area contributed by atoms with Gasteiger partial charge in [0.05, 0.1) is 36.1 Å². The second-order valence-electron chi connectivity index (χ2n) is 8.79. The van der Waals surface area contributed by atoms with Crippen molar-refractivity contribution in [2.45, 2.75) is 19.0 Å². The third-order valence-electron chi connectivity index (χ3n) is 6.58. The van der Waals surface area contributed by atoms with Crippen LogP contribution in [-0.2, 0) is 9.59 Å². The Bertz CT molecular complexity index is 1110. The molecule has 1 atom stereocenters. The summed E-state index contributed by atoms with van der Waals surface area (Å²) >= 11 is 0. The first kappa shape index (κ1) is 23.3. The van der Waals surface area contributed by atoms with Gasteiger partial charge >= 0.3 is 0 Å². The summed E-state index contributed by atoms with van der Waals surface area (Å²) in [5.41, 5.74) is 9.23. The van der Waals surface area contributed by atoms with Crippen LogP contribution >= 0.6 is 0 Å². The number of nitrogens with two attached hydrogens (primary N) is 1. The van der Waals surface area contributed by atoms with Crippen LogP contribution in [0.5, 0.6) is 0 Å². The molecule has 0 bridgehead atoms. The molecule has 0 spiro atoms. The molecule has 5 N–H and O–H groups in total. The zero-order valence-corrected chi connectivity index (χ0v) is 19.0. The highest BCUT2D eigenvalue weighted by atomic mass is 19.1. The van der Waals surface area contributed by atoms with Crippen molar-refractivity contribution in [1.82, 2.24) is 25.6 Å². The molecule has 4 aliphatic rings. The highest BCUT2D eigenvalue weighted by Gasteiger charge is 2.35. The molecular weight excluding hydrogens is 460 g/mol. The fraction of sp³-hybridized carbons (Fsp3) is 0.455. The standard InChI is InChI=1S/C22H27F2N9O2/c23-14-9-28-20-17(19(25)30-33(20)12-14)21(34)29-16-11-27-10-15(24)18(16)31-5-1-13(2-6-31)22(35)32-7-3-26-4-8-32/h9-13,19,26,30H,1-8,25H2,(H,29,34). The van der Waals surface area contributed by atoms with E-state index in [1.54, 1.807) is 0 Å². The van der Waals surface area contributed by atoms with Gasteiger partial charge in [-0.1, -0.05) is 0 Å². The number of aliphatic imine (C=N–C) groups is 1. The first-order valence-corrected chi connectivity index (χ1v) is 11.6. The molecule has 0 radical (unpaired) electrons. The predicted molar refractivity (Wildman–Crippen MR) is 125 cm³/mol. The first-order valence-electron chi connectivity index (χ1n) is 11.6. The van der Waals surface area contributed by atoms with Crippen LogP contribution < -0.4 is 26.7 Å².